The number of benzene rings is 2. The van der Waals surface area contributed by atoms with Gasteiger partial charge in [-0.1, -0.05) is 12.0 Å². The number of aromatic hydroxyl groups is 1. The van der Waals surface area contributed by atoms with Gasteiger partial charge in [0.2, 0.25) is 0 Å². The first-order valence-electron chi connectivity index (χ1n) is 14.0. The van der Waals surface area contributed by atoms with Gasteiger partial charge in [0.1, 0.15) is 35.1 Å². The Morgan fingerprint density at radius 1 is 1.18 bits per heavy atom. The molecule has 4 aromatic rings. The number of nitrogens with zero attached hydrogens (tertiary/aromatic N) is 5. The molecule has 2 N–H and O–H groups in total. The van der Waals surface area contributed by atoms with E-state index in [-0.39, 0.29) is 63.5 Å². The summed E-state index contributed by atoms with van der Waals surface area (Å²) < 4.78 is 62.2. The summed E-state index contributed by atoms with van der Waals surface area (Å²) in [6.45, 7) is 0.418. The van der Waals surface area contributed by atoms with Gasteiger partial charge in [0.15, 0.2) is 5.82 Å². The quantitative estimate of drug-likeness (QED) is 0.164. The van der Waals surface area contributed by atoms with Gasteiger partial charge < -0.3 is 24.0 Å². The minimum atomic E-state index is -3.59. The number of fused-ring (bicyclic) bond motifs is 4. The minimum absolute atomic E-state index is 0.0903. The zero-order valence-corrected chi connectivity index (χ0v) is 25.5. The minimum Gasteiger partial charge on any atom is -0.508 e. The van der Waals surface area contributed by atoms with E-state index in [0.717, 1.165) is 0 Å². The number of methoxy groups -OCH3 is 2. The summed E-state index contributed by atoms with van der Waals surface area (Å²) in [5.74, 6) is 0.411. The van der Waals surface area contributed by atoms with Crippen molar-refractivity contribution in [2.45, 2.75) is 24.9 Å². The molecule has 4 heterocycles. The lowest BCUT2D eigenvalue weighted by Crippen LogP contribution is -2.54. The predicted molar refractivity (Wildman–Crippen MR) is 162 cm³/mol. The van der Waals surface area contributed by atoms with Crippen LogP contribution < -0.4 is 14.7 Å². The van der Waals surface area contributed by atoms with E-state index in [4.69, 9.17) is 15.7 Å². The first-order chi connectivity index (χ1) is 21.6. The first kappa shape index (κ1) is 30.6. The number of rotatable bonds is 8. The Labute approximate surface area is 256 Å². The summed E-state index contributed by atoms with van der Waals surface area (Å²) in [5.41, 5.74) is -0.293. The number of anilines is 1. The molecule has 2 aliphatic heterocycles. The third kappa shape index (κ3) is 5.21. The molecule has 0 spiro atoms. The van der Waals surface area contributed by atoms with Crippen LogP contribution in [-0.2, 0) is 18.6 Å². The van der Waals surface area contributed by atoms with Crippen molar-refractivity contribution in [3.8, 4) is 35.4 Å². The van der Waals surface area contributed by atoms with E-state index in [1.807, 2.05) is 4.90 Å². The van der Waals surface area contributed by atoms with Crippen molar-refractivity contribution in [1.29, 1.82) is 0 Å². The first-order valence-corrected chi connectivity index (χ1v) is 15.5. The van der Waals surface area contributed by atoms with E-state index in [9.17, 15) is 18.9 Å². The number of pyridine rings is 1. The average Bonchev–Trinajstić information content (AvgIpc) is 3.33. The molecule has 0 saturated carbocycles. The Hall–Kier alpha value is -4.41. The molecule has 6 rings (SSSR count). The number of piperazine rings is 1. The van der Waals surface area contributed by atoms with E-state index < -0.39 is 25.3 Å². The number of ether oxygens (including phenoxy) is 2. The molecule has 2 aliphatic rings. The molecule has 2 saturated heterocycles. The lowest BCUT2D eigenvalue weighted by molar-refractivity contribution is -0.139. The molecule has 234 valence electrons. The fourth-order valence-corrected chi connectivity index (χ4v) is 8.30. The number of halogens is 2. The molecule has 2 aromatic heterocycles. The maximum atomic E-state index is 16.5. The van der Waals surface area contributed by atoms with Crippen molar-refractivity contribution in [2.75, 3.05) is 45.9 Å². The number of phenols is 1. The van der Waals surface area contributed by atoms with Crippen molar-refractivity contribution < 1.29 is 37.2 Å². The molecule has 0 aliphatic carbocycles. The number of esters is 1. The number of terminal acetylenes is 1. The van der Waals surface area contributed by atoms with E-state index in [0.29, 0.717) is 37.1 Å². The Morgan fingerprint density at radius 3 is 2.56 bits per heavy atom. The smallest absolute Gasteiger partial charge is 0.344 e. The van der Waals surface area contributed by atoms with Crippen molar-refractivity contribution in [3.05, 3.63) is 47.7 Å². The fraction of sp³-hybridized carbons (Fsp3) is 0.333. The van der Waals surface area contributed by atoms with E-state index >= 15 is 4.39 Å². The molecule has 3 unspecified atom stereocenters. The van der Waals surface area contributed by atoms with Gasteiger partial charge in [-0.25, -0.2) is 18.5 Å². The van der Waals surface area contributed by atoms with Crippen molar-refractivity contribution in [3.63, 3.8) is 0 Å². The molecule has 3 atom stereocenters. The number of phenolic OH excluding ortho intramolecular Hbond substituents is 1. The fourth-order valence-electron chi connectivity index (χ4n) is 6.26. The van der Waals surface area contributed by atoms with Crippen molar-refractivity contribution in [1.82, 2.24) is 24.7 Å². The second kappa shape index (κ2) is 11.8. The van der Waals surface area contributed by atoms with Gasteiger partial charge in [-0.2, -0.15) is 9.97 Å². The number of hydrogen-bond acceptors (Lipinski definition) is 10. The highest BCUT2D eigenvalue weighted by Crippen LogP contribution is 2.54. The zero-order valence-electron chi connectivity index (χ0n) is 24.6. The molecule has 2 aromatic carbocycles. The van der Waals surface area contributed by atoms with Crippen LogP contribution in [0.5, 0.6) is 11.8 Å². The third-order valence-electron chi connectivity index (χ3n) is 8.22. The second-order valence-electron chi connectivity index (χ2n) is 10.7. The zero-order chi connectivity index (χ0) is 32.0. The van der Waals surface area contributed by atoms with Gasteiger partial charge in [0.25, 0.3) is 0 Å². The molecular formula is C30H29F2N6O6P. The average molecular weight is 639 g/mol. The van der Waals surface area contributed by atoms with E-state index in [1.54, 1.807) is 4.67 Å². The number of aromatic nitrogens is 3. The highest BCUT2D eigenvalue weighted by atomic mass is 31.2. The standard InChI is InChI=1S/C30H29F2N6O6P/c1-5-20-23(31)9-6-16-10-19(39)11-21(25(16)20)27-26(32)28-22(12-33-27)29(36-30(35-28)43-3)37-14-17-7-8-18(15-37)38(17)45(41,44-4)34-13-24(40)42-2/h1,6,9-12,17-18,39H,7-8,13-15H2,2-4H3,(H,34,41). The van der Waals surface area contributed by atoms with Crippen LogP contribution in [0.4, 0.5) is 14.6 Å². The predicted octanol–water partition coefficient (Wildman–Crippen LogP) is 3.99. The van der Waals surface area contributed by atoms with Crippen LogP contribution >= 0.6 is 7.67 Å². The van der Waals surface area contributed by atoms with E-state index in [2.05, 4.69) is 30.7 Å². The van der Waals surface area contributed by atoms with Crippen LogP contribution in [0.15, 0.2) is 30.5 Å². The molecule has 2 fully saturated rings. The van der Waals surface area contributed by atoms with Crippen LogP contribution in [-0.4, -0.2) is 83.7 Å². The van der Waals surface area contributed by atoms with Gasteiger partial charge in [0, 0.05) is 49.4 Å². The molecule has 2 bridgehead atoms. The number of nitrogens with one attached hydrogen (secondary N) is 1. The topological polar surface area (TPSA) is 139 Å². The summed E-state index contributed by atoms with van der Waals surface area (Å²) in [5, 5.41) is 14.1. The molecule has 0 radical (unpaired) electrons. The molecule has 12 nitrogen and oxygen atoms in total. The number of carbonyl (C=O) groups excluding carboxylic acids is 1. The number of hydrogen-bond donors (Lipinski definition) is 2. The maximum Gasteiger partial charge on any atom is 0.344 e. The van der Waals surface area contributed by atoms with E-state index in [1.165, 1.54) is 51.8 Å². The largest absolute Gasteiger partial charge is 0.508 e. The number of carbonyl (C=O) groups is 1. The Bertz CT molecular complexity index is 1920. The molecule has 15 heteroatoms. The Balaban J connectivity index is 1.42. The Morgan fingerprint density at radius 2 is 1.91 bits per heavy atom. The lowest BCUT2D eigenvalue weighted by atomic mass is 9.96. The van der Waals surface area contributed by atoms with Crippen LogP contribution in [0, 0.1) is 24.0 Å². The van der Waals surface area contributed by atoms with Crippen LogP contribution in [0.3, 0.4) is 0 Å². The van der Waals surface area contributed by atoms with Crippen LogP contribution in [0.1, 0.15) is 18.4 Å². The summed E-state index contributed by atoms with van der Waals surface area (Å²) in [7, 11) is 0.331. The third-order valence-corrected chi connectivity index (χ3v) is 10.5. The van der Waals surface area contributed by atoms with Gasteiger partial charge in [-0.15, -0.1) is 6.42 Å². The lowest BCUT2D eigenvalue weighted by Gasteiger charge is -2.44. The van der Waals surface area contributed by atoms with Crippen LogP contribution in [0.25, 0.3) is 32.9 Å². The molecule has 0 amide bonds. The summed E-state index contributed by atoms with van der Waals surface area (Å²) >= 11 is 0. The van der Waals surface area contributed by atoms with Crippen molar-refractivity contribution in [2.24, 2.45) is 0 Å². The van der Waals surface area contributed by atoms with Gasteiger partial charge >= 0.3 is 19.7 Å². The summed E-state index contributed by atoms with van der Waals surface area (Å²) in [4.78, 5) is 26.9. The SMILES string of the molecule is C#Cc1c(F)ccc2cc(O)cc(-c3ncc4c(N5CC6CCC(C5)N6P(=O)(NCC(=O)OC)OC)nc(OC)nc4c3F)c12. The van der Waals surface area contributed by atoms with Crippen LogP contribution in [0.2, 0.25) is 0 Å². The summed E-state index contributed by atoms with van der Waals surface area (Å²) in [6, 6.07) is 4.72. The Kier molecular flexibility index (Phi) is 8.05. The highest BCUT2D eigenvalue weighted by Gasteiger charge is 2.50. The highest BCUT2D eigenvalue weighted by molar-refractivity contribution is 7.54. The molecular weight excluding hydrogens is 609 g/mol. The van der Waals surface area contributed by atoms with Gasteiger partial charge in [-0.05, 0) is 36.4 Å². The van der Waals surface area contributed by atoms with Gasteiger partial charge in [0.05, 0.1) is 25.2 Å². The summed E-state index contributed by atoms with van der Waals surface area (Å²) in [6.07, 6.45) is 8.43. The second-order valence-corrected chi connectivity index (χ2v) is 12.8. The monoisotopic (exact) mass is 638 g/mol. The maximum absolute atomic E-state index is 16.5. The van der Waals surface area contributed by atoms with Gasteiger partial charge in [-0.3, -0.25) is 14.3 Å². The van der Waals surface area contributed by atoms with Crippen molar-refractivity contribution >= 4 is 41.1 Å². The normalized spacial score (nSPS) is 19.4. The molecule has 45 heavy (non-hydrogen) atoms.